The lowest BCUT2D eigenvalue weighted by atomic mass is 9.84. The summed E-state index contributed by atoms with van der Waals surface area (Å²) in [6, 6.07) is 2.17. The number of nitrogens with one attached hydrogen (secondary N) is 1. The van der Waals surface area contributed by atoms with E-state index in [0.717, 1.165) is 57.2 Å². The van der Waals surface area contributed by atoms with Gasteiger partial charge < -0.3 is 15.0 Å². The van der Waals surface area contributed by atoms with E-state index in [9.17, 15) is 4.79 Å². The number of aromatic nitrogens is 1. The Labute approximate surface area is 177 Å². The van der Waals surface area contributed by atoms with Crippen LogP contribution in [0.2, 0.25) is 10.2 Å². The van der Waals surface area contributed by atoms with Crippen LogP contribution in [-0.2, 0) is 9.53 Å². The van der Waals surface area contributed by atoms with Gasteiger partial charge >= 0.3 is 0 Å². The lowest BCUT2D eigenvalue weighted by Gasteiger charge is -2.37. The van der Waals surface area contributed by atoms with Gasteiger partial charge in [-0.05, 0) is 44.6 Å². The van der Waals surface area contributed by atoms with Crippen molar-refractivity contribution in [3.8, 4) is 0 Å². The van der Waals surface area contributed by atoms with E-state index in [-0.39, 0.29) is 12.5 Å². The number of hydrogen-bond donors (Lipinski definition) is 1. The van der Waals surface area contributed by atoms with Gasteiger partial charge in [-0.3, -0.25) is 9.69 Å². The summed E-state index contributed by atoms with van der Waals surface area (Å²) in [4.78, 5) is 20.5. The number of rotatable bonds is 7. The molecule has 1 amide bonds. The number of nitrogens with zero attached hydrogens (tertiary/aromatic N) is 3. The van der Waals surface area contributed by atoms with Gasteiger partial charge in [0.25, 0.3) is 0 Å². The average molecular weight is 429 g/mol. The largest absolute Gasteiger partial charge is 0.375 e. The Hall–Kier alpha value is -1.08. The fourth-order valence-electron chi connectivity index (χ4n) is 4.22. The maximum absolute atomic E-state index is 11.6. The average Bonchev–Trinajstić information content (AvgIpc) is 2.70. The number of amides is 1. The highest BCUT2D eigenvalue weighted by Crippen LogP contribution is 2.29. The molecule has 0 radical (unpaired) electrons. The first-order valence-electron chi connectivity index (χ1n) is 10.1. The molecule has 0 aromatic carbocycles. The number of halogens is 2. The van der Waals surface area contributed by atoms with Crippen LogP contribution in [0.25, 0.3) is 0 Å². The second kappa shape index (κ2) is 10.6. The lowest BCUT2D eigenvalue weighted by Crippen LogP contribution is -2.47. The van der Waals surface area contributed by atoms with Gasteiger partial charge in [0, 0.05) is 51.6 Å². The third-order valence-electron chi connectivity index (χ3n) is 5.86. The number of anilines is 1. The summed E-state index contributed by atoms with van der Waals surface area (Å²) in [6.07, 6.45) is 7.41. The van der Waals surface area contributed by atoms with Gasteiger partial charge in [0.2, 0.25) is 5.91 Å². The van der Waals surface area contributed by atoms with Crippen molar-refractivity contribution in [2.24, 2.45) is 5.92 Å². The quantitative estimate of drug-likeness (QED) is 0.675. The van der Waals surface area contributed by atoms with Gasteiger partial charge in [-0.1, -0.05) is 23.2 Å². The van der Waals surface area contributed by atoms with E-state index in [2.05, 4.69) is 20.1 Å². The van der Waals surface area contributed by atoms with Crippen LogP contribution >= 0.6 is 23.2 Å². The molecule has 3 rings (SSSR count). The molecule has 1 saturated heterocycles. The second-order valence-electron chi connectivity index (χ2n) is 7.79. The molecule has 2 fully saturated rings. The standard InChI is InChI=1S/C20H30Cl2N4O2/c1-28-14-20(27)24-16-4-2-15(3-5-16)6-7-25-8-10-26(11-9-25)18-12-19(22)23-13-17(18)21/h12-13,15-16H,2-11,14H2,1H3,(H,24,27). The van der Waals surface area contributed by atoms with Crippen LogP contribution in [0.3, 0.4) is 0 Å². The highest BCUT2D eigenvalue weighted by atomic mass is 35.5. The van der Waals surface area contributed by atoms with Crippen molar-refractivity contribution in [1.82, 2.24) is 15.2 Å². The molecule has 1 aliphatic carbocycles. The van der Waals surface area contributed by atoms with Crippen molar-refractivity contribution in [3.63, 3.8) is 0 Å². The van der Waals surface area contributed by atoms with E-state index in [1.54, 1.807) is 13.3 Å². The predicted molar refractivity (Wildman–Crippen MR) is 113 cm³/mol. The number of carbonyl (C=O) groups is 1. The SMILES string of the molecule is COCC(=O)NC1CCC(CCN2CCN(c3cc(Cl)ncc3Cl)CC2)CC1. The fourth-order valence-corrected chi connectivity index (χ4v) is 4.59. The Balaban J connectivity index is 1.35. The van der Waals surface area contributed by atoms with Crippen molar-refractivity contribution in [3.05, 3.63) is 22.4 Å². The minimum atomic E-state index is -0.000547. The summed E-state index contributed by atoms with van der Waals surface area (Å²) in [7, 11) is 1.55. The van der Waals surface area contributed by atoms with Gasteiger partial charge in [-0.2, -0.15) is 0 Å². The maximum Gasteiger partial charge on any atom is 0.246 e. The molecular weight excluding hydrogens is 399 g/mol. The van der Waals surface area contributed by atoms with Gasteiger partial charge in [0.15, 0.2) is 0 Å². The lowest BCUT2D eigenvalue weighted by molar-refractivity contribution is -0.125. The number of piperazine rings is 1. The fraction of sp³-hybridized carbons (Fsp3) is 0.700. The van der Waals surface area contributed by atoms with Gasteiger partial charge in [-0.15, -0.1) is 0 Å². The van der Waals surface area contributed by atoms with E-state index in [1.165, 1.54) is 19.3 Å². The molecule has 0 unspecified atom stereocenters. The minimum absolute atomic E-state index is 0.000547. The monoisotopic (exact) mass is 428 g/mol. The molecule has 0 bridgehead atoms. The first kappa shape index (κ1) is 21.6. The highest BCUT2D eigenvalue weighted by molar-refractivity contribution is 6.34. The van der Waals surface area contributed by atoms with Crippen LogP contribution in [0.1, 0.15) is 32.1 Å². The molecule has 0 atom stereocenters. The van der Waals surface area contributed by atoms with Crippen LogP contribution in [0, 0.1) is 5.92 Å². The topological polar surface area (TPSA) is 57.7 Å². The predicted octanol–water partition coefficient (Wildman–Crippen LogP) is 3.22. The first-order valence-corrected chi connectivity index (χ1v) is 10.9. The van der Waals surface area contributed by atoms with Crippen LogP contribution < -0.4 is 10.2 Å². The Kier molecular flexibility index (Phi) is 8.21. The molecule has 8 heteroatoms. The maximum atomic E-state index is 11.6. The van der Waals surface area contributed by atoms with Gasteiger partial charge in [-0.25, -0.2) is 4.98 Å². The zero-order valence-electron chi connectivity index (χ0n) is 16.5. The van der Waals surface area contributed by atoms with Crippen molar-refractivity contribution in [1.29, 1.82) is 0 Å². The van der Waals surface area contributed by atoms with Crippen molar-refractivity contribution in [2.75, 3.05) is 51.3 Å². The Morgan fingerprint density at radius 1 is 1.21 bits per heavy atom. The molecule has 0 spiro atoms. The van der Waals surface area contributed by atoms with E-state index in [1.807, 2.05) is 6.07 Å². The summed E-state index contributed by atoms with van der Waals surface area (Å²) < 4.78 is 4.88. The van der Waals surface area contributed by atoms with E-state index in [4.69, 9.17) is 27.9 Å². The van der Waals surface area contributed by atoms with Crippen LogP contribution in [-0.4, -0.2) is 68.3 Å². The van der Waals surface area contributed by atoms with E-state index in [0.29, 0.717) is 16.2 Å². The normalized spacial score (nSPS) is 23.6. The molecule has 6 nitrogen and oxygen atoms in total. The Morgan fingerprint density at radius 2 is 1.93 bits per heavy atom. The molecule has 156 valence electrons. The Bertz CT molecular complexity index is 645. The molecule has 1 aromatic rings. The summed E-state index contributed by atoms with van der Waals surface area (Å²) in [5.41, 5.74) is 0.982. The summed E-state index contributed by atoms with van der Waals surface area (Å²) >= 11 is 12.3. The van der Waals surface area contributed by atoms with Crippen molar-refractivity contribution >= 4 is 34.8 Å². The summed E-state index contributed by atoms with van der Waals surface area (Å²) in [6.45, 7) is 5.29. The molecule has 28 heavy (non-hydrogen) atoms. The van der Waals surface area contributed by atoms with Crippen molar-refractivity contribution in [2.45, 2.75) is 38.1 Å². The molecule has 1 aromatic heterocycles. The number of hydrogen-bond acceptors (Lipinski definition) is 5. The van der Waals surface area contributed by atoms with Crippen LogP contribution in [0.4, 0.5) is 5.69 Å². The Morgan fingerprint density at radius 3 is 2.61 bits per heavy atom. The molecular formula is C20H30Cl2N4O2. The molecule has 1 saturated carbocycles. The van der Waals surface area contributed by atoms with Crippen LogP contribution in [0.5, 0.6) is 0 Å². The number of pyridine rings is 1. The summed E-state index contributed by atoms with van der Waals surface area (Å²) in [5, 5.41) is 4.21. The van der Waals surface area contributed by atoms with Crippen molar-refractivity contribution < 1.29 is 9.53 Å². The van der Waals surface area contributed by atoms with Gasteiger partial charge in [0.05, 0.1) is 10.7 Å². The zero-order chi connectivity index (χ0) is 19.9. The molecule has 2 aliphatic rings. The van der Waals surface area contributed by atoms with Crippen LogP contribution in [0.15, 0.2) is 12.3 Å². The summed E-state index contributed by atoms with van der Waals surface area (Å²) in [5.74, 6) is 0.765. The second-order valence-corrected chi connectivity index (χ2v) is 8.59. The zero-order valence-corrected chi connectivity index (χ0v) is 18.0. The molecule has 1 N–H and O–H groups in total. The third kappa shape index (κ3) is 6.21. The van der Waals surface area contributed by atoms with E-state index < -0.39 is 0 Å². The minimum Gasteiger partial charge on any atom is -0.375 e. The number of methoxy groups -OCH3 is 1. The smallest absolute Gasteiger partial charge is 0.246 e. The number of ether oxygens (including phenoxy) is 1. The molecule has 2 heterocycles. The first-order chi connectivity index (χ1) is 13.5. The van der Waals surface area contributed by atoms with E-state index >= 15 is 0 Å². The molecule has 1 aliphatic heterocycles. The highest BCUT2D eigenvalue weighted by Gasteiger charge is 2.24. The number of carbonyl (C=O) groups excluding carboxylic acids is 1. The van der Waals surface area contributed by atoms with Gasteiger partial charge in [0.1, 0.15) is 11.8 Å². The third-order valence-corrected chi connectivity index (χ3v) is 6.35.